The molecule has 0 aliphatic carbocycles. The Labute approximate surface area is 140 Å². The van der Waals surface area contributed by atoms with Crippen LogP contribution in [0, 0.1) is 0 Å². The van der Waals surface area contributed by atoms with Crippen LogP contribution >= 0.6 is 11.6 Å². The van der Waals surface area contributed by atoms with Gasteiger partial charge in [-0.25, -0.2) is 0 Å². The van der Waals surface area contributed by atoms with Gasteiger partial charge in [-0.2, -0.15) is 28.2 Å². The van der Waals surface area contributed by atoms with E-state index in [0.29, 0.717) is 22.4 Å². The van der Waals surface area contributed by atoms with Crippen LogP contribution in [-0.4, -0.2) is 19.7 Å². The number of anilines is 1. The highest BCUT2D eigenvalue weighted by molar-refractivity contribution is 6.28. The van der Waals surface area contributed by atoms with E-state index in [-0.39, 0.29) is 11.3 Å². The standard InChI is InChI=1S/C15H13ClF3N5/c1-8(9-3-5-10(6-4-9)15(17,18)19)21-12-11-7-20-24(2)13(11)23-14(16)22-12/h3-8H,1-2H3,(H,21,22,23). The second kappa shape index (κ2) is 5.94. The van der Waals surface area contributed by atoms with Gasteiger partial charge in [0.2, 0.25) is 5.28 Å². The van der Waals surface area contributed by atoms with Crippen LogP contribution in [0.5, 0.6) is 0 Å². The zero-order chi connectivity index (χ0) is 17.5. The Kier molecular flexibility index (Phi) is 4.08. The smallest absolute Gasteiger partial charge is 0.363 e. The van der Waals surface area contributed by atoms with Crippen LogP contribution in [-0.2, 0) is 13.2 Å². The Hall–Kier alpha value is -2.35. The van der Waals surface area contributed by atoms with Crippen molar-refractivity contribution in [3.05, 3.63) is 46.9 Å². The molecular formula is C15H13ClF3N5. The molecule has 3 rings (SSSR count). The minimum absolute atomic E-state index is 0.0632. The number of benzene rings is 1. The monoisotopic (exact) mass is 355 g/mol. The van der Waals surface area contributed by atoms with Crippen LogP contribution in [0.2, 0.25) is 5.28 Å². The molecule has 1 atom stereocenters. The van der Waals surface area contributed by atoms with Crippen LogP contribution in [0.25, 0.3) is 11.0 Å². The van der Waals surface area contributed by atoms with Crippen molar-refractivity contribution in [3.8, 4) is 0 Å². The van der Waals surface area contributed by atoms with Crippen molar-refractivity contribution in [1.29, 1.82) is 0 Å². The lowest BCUT2D eigenvalue weighted by Gasteiger charge is -2.16. The zero-order valence-electron chi connectivity index (χ0n) is 12.8. The minimum atomic E-state index is -4.35. The molecule has 0 bridgehead atoms. The first-order valence-electron chi connectivity index (χ1n) is 7.04. The van der Waals surface area contributed by atoms with E-state index in [1.54, 1.807) is 17.9 Å². The van der Waals surface area contributed by atoms with E-state index < -0.39 is 11.7 Å². The SMILES string of the molecule is CC(Nc1nc(Cl)nc2c1cnn2C)c1ccc(C(F)(F)F)cc1. The van der Waals surface area contributed by atoms with Crippen molar-refractivity contribution in [2.24, 2.45) is 7.05 Å². The molecule has 0 aliphatic rings. The predicted octanol–water partition coefficient (Wildman–Crippen LogP) is 4.21. The Balaban J connectivity index is 1.88. The molecule has 0 fully saturated rings. The molecule has 24 heavy (non-hydrogen) atoms. The first-order chi connectivity index (χ1) is 11.3. The summed E-state index contributed by atoms with van der Waals surface area (Å²) >= 11 is 5.92. The Morgan fingerprint density at radius 3 is 2.46 bits per heavy atom. The second-order valence-electron chi connectivity index (χ2n) is 5.33. The Morgan fingerprint density at radius 1 is 1.17 bits per heavy atom. The van der Waals surface area contributed by atoms with Gasteiger partial charge in [-0.1, -0.05) is 12.1 Å². The molecule has 1 aromatic carbocycles. The largest absolute Gasteiger partial charge is 0.416 e. The molecule has 1 unspecified atom stereocenters. The van der Waals surface area contributed by atoms with Crippen LogP contribution in [0.15, 0.2) is 30.5 Å². The number of hydrogen-bond donors (Lipinski definition) is 1. The molecule has 2 aromatic heterocycles. The summed E-state index contributed by atoms with van der Waals surface area (Å²) in [6.45, 7) is 1.82. The molecule has 1 N–H and O–H groups in total. The number of aromatic nitrogens is 4. The summed E-state index contributed by atoms with van der Waals surface area (Å²) in [6.07, 6.45) is -2.75. The van der Waals surface area contributed by atoms with Crippen molar-refractivity contribution >= 4 is 28.5 Å². The Morgan fingerprint density at radius 2 is 1.83 bits per heavy atom. The first-order valence-corrected chi connectivity index (χ1v) is 7.42. The van der Waals surface area contributed by atoms with Gasteiger partial charge in [0, 0.05) is 13.1 Å². The zero-order valence-corrected chi connectivity index (χ0v) is 13.5. The van der Waals surface area contributed by atoms with Gasteiger partial charge in [0.15, 0.2) is 5.65 Å². The Bertz CT molecular complexity index is 873. The highest BCUT2D eigenvalue weighted by atomic mass is 35.5. The van der Waals surface area contributed by atoms with Crippen molar-refractivity contribution < 1.29 is 13.2 Å². The average Bonchev–Trinajstić information content (AvgIpc) is 2.88. The maximum Gasteiger partial charge on any atom is 0.416 e. The number of rotatable bonds is 3. The van der Waals surface area contributed by atoms with Crippen LogP contribution in [0.1, 0.15) is 24.1 Å². The molecular weight excluding hydrogens is 343 g/mol. The molecule has 0 saturated heterocycles. The summed E-state index contributed by atoms with van der Waals surface area (Å²) in [4.78, 5) is 8.25. The summed E-state index contributed by atoms with van der Waals surface area (Å²) in [5.41, 5.74) is 0.574. The fourth-order valence-electron chi connectivity index (χ4n) is 2.35. The second-order valence-corrected chi connectivity index (χ2v) is 5.67. The van der Waals surface area contributed by atoms with E-state index in [1.165, 1.54) is 12.1 Å². The van der Waals surface area contributed by atoms with Gasteiger partial charge < -0.3 is 5.32 Å². The third-order valence-corrected chi connectivity index (χ3v) is 3.83. The minimum Gasteiger partial charge on any atom is -0.363 e. The maximum atomic E-state index is 12.6. The fraction of sp³-hybridized carbons (Fsp3) is 0.267. The number of nitrogens with one attached hydrogen (secondary N) is 1. The van der Waals surface area contributed by atoms with E-state index in [9.17, 15) is 13.2 Å². The number of hydrogen-bond acceptors (Lipinski definition) is 4. The van der Waals surface area contributed by atoms with Crippen LogP contribution in [0.3, 0.4) is 0 Å². The van der Waals surface area contributed by atoms with Gasteiger partial charge in [0.1, 0.15) is 5.82 Å². The summed E-state index contributed by atoms with van der Waals surface area (Å²) in [5.74, 6) is 0.477. The third-order valence-electron chi connectivity index (χ3n) is 3.66. The number of nitrogens with zero attached hydrogens (tertiary/aromatic N) is 4. The van der Waals surface area contributed by atoms with Crippen LogP contribution < -0.4 is 5.32 Å². The van der Waals surface area contributed by atoms with Gasteiger partial charge in [0.25, 0.3) is 0 Å². The fourth-order valence-corrected chi connectivity index (χ4v) is 2.52. The number of alkyl halides is 3. The highest BCUT2D eigenvalue weighted by Crippen LogP contribution is 2.31. The van der Waals surface area contributed by atoms with E-state index in [4.69, 9.17) is 11.6 Å². The average molecular weight is 356 g/mol. The van der Waals surface area contributed by atoms with Gasteiger partial charge in [0.05, 0.1) is 17.1 Å². The van der Waals surface area contributed by atoms with E-state index in [1.807, 2.05) is 6.92 Å². The summed E-state index contributed by atoms with van der Waals surface area (Å²) in [5, 5.41) is 7.99. The van der Waals surface area contributed by atoms with Gasteiger partial charge in [-0.3, -0.25) is 4.68 Å². The molecule has 0 spiro atoms. The molecule has 0 saturated carbocycles. The van der Waals surface area contributed by atoms with E-state index in [0.717, 1.165) is 12.1 Å². The molecule has 0 radical (unpaired) electrons. The molecule has 126 valence electrons. The topological polar surface area (TPSA) is 55.6 Å². The van der Waals surface area contributed by atoms with Crippen molar-refractivity contribution in [1.82, 2.24) is 19.7 Å². The lowest BCUT2D eigenvalue weighted by atomic mass is 10.1. The number of fused-ring (bicyclic) bond motifs is 1. The number of halogens is 4. The molecule has 0 aliphatic heterocycles. The van der Waals surface area contributed by atoms with Crippen molar-refractivity contribution in [2.45, 2.75) is 19.1 Å². The van der Waals surface area contributed by atoms with Crippen LogP contribution in [0.4, 0.5) is 19.0 Å². The third kappa shape index (κ3) is 3.14. The quantitative estimate of drug-likeness (QED) is 0.715. The molecule has 0 amide bonds. The van der Waals surface area contributed by atoms with Crippen molar-refractivity contribution in [3.63, 3.8) is 0 Å². The maximum absolute atomic E-state index is 12.6. The van der Waals surface area contributed by atoms with Gasteiger partial charge in [-0.05, 0) is 36.2 Å². The predicted molar refractivity (Wildman–Crippen MR) is 84.8 cm³/mol. The normalized spacial score (nSPS) is 13.2. The highest BCUT2D eigenvalue weighted by Gasteiger charge is 2.30. The molecule has 5 nitrogen and oxygen atoms in total. The van der Waals surface area contributed by atoms with Crippen molar-refractivity contribution in [2.75, 3.05) is 5.32 Å². The van der Waals surface area contributed by atoms with E-state index in [2.05, 4.69) is 20.4 Å². The first kappa shape index (κ1) is 16.5. The van der Waals surface area contributed by atoms with E-state index >= 15 is 0 Å². The lowest BCUT2D eigenvalue weighted by Crippen LogP contribution is -2.10. The number of aryl methyl sites for hydroxylation is 1. The molecule has 9 heteroatoms. The summed E-state index contributed by atoms with van der Waals surface area (Å²) in [7, 11) is 1.73. The lowest BCUT2D eigenvalue weighted by molar-refractivity contribution is -0.137. The summed E-state index contributed by atoms with van der Waals surface area (Å²) < 4.78 is 39.5. The molecule has 3 aromatic rings. The molecule has 2 heterocycles. The summed E-state index contributed by atoms with van der Waals surface area (Å²) in [6, 6.07) is 4.70. The van der Waals surface area contributed by atoms with Gasteiger partial charge >= 0.3 is 6.18 Å². The van der Waals surface area contributed by atoms with Gasteiger partial charge in [-0.15, -0.1) is 0 Å².